The lowest BCUT2D eigenvalue weighted by atomic mass is 10.4. The van der Waals surface area contributed by atoms with Crippen LogP contribution >= 0.6 is 11.3 Å². The summed E-state index contributed by atoms with van der Waals surface area (Å²) in [6.07, 6.45) is 2.62. The van der Waals surface area contributed by atoms with Crippen molar-refractivity contribution in [3.63, 3.8) is 0 Å². The van der Waals surface area contributed by atoms with Crippen LogP contribution in [0.5, 0.6) is 0 Å². The van der Waals surface area contributed by atoms with E-state index in [0.29, 0.717) is 18.0 Å². The summed E-state index contributed by atoms with van der Waals surface area (Å²) in [5.41, 5.74) is 0.933. The highest BCUT2D eigenvalue weighted by Gasteiger charge is 2.17. The Morgan fingerprint density at radius 1 is 1.24 bits per heavy atom. The first-order valence-corrected chi connectivity index (χ1v) is 9.13. The number of hydrogen-bond donors (Lipinski definition) is 2. The third-order valence-electron chi connectivity index (χ3n) is 3.25. The Kier molecular flexibility index (Phi) is 5.21. The topological polar surface area (TPSA) is 63.1 Å². The molecule has 0 spiro atoms. The van der Waals surface area contributed by atoms with E-state index in [2.05, 4.69) is 17.0 Å². The monoisotopic (exact) mass is 327 g/mol. The Labute approximate surface area is 130 Å². The molecule has 21 heavy (non-hydrogen) atoms. The van der Waals surface area contributed by atoms with Gasteiger partial charge in [0.1, 0.15) is 0 Å². The first-order valence-electron chi connectivity index (χ1n) is 6.83. The SMILES string of the molecule is CCc1ccc(CNS(=O)(=O)c2cc(CNC)n(C)c2)s1. The fraction of sp³-hybridized carbons (Fsp3) is 0.429. The number of aromatic nitrogens is 1. The van der Waals surface area contributed by atoms with Gasteiger partial charge in [-0.2, -0.15) is 0 Å². The highest BCUT2D eigenvalue weighted by molar-refractivity contribution is 7.89. The third-order valence-corrected chi connectivity index (χ3v) is 5.85. The summed E-state index contributed by atoms with van der Waals surface area (Å²) in [4.78, 5) is 2.60. The molecule has 2 aromatic heterocycles. The molecule has 0 saturated carbocycles. The second-order valence-corrected chi connectivity index (χ2v) is 7.87. The quantitative estimate of drug-likeness (QED) is 0.816. The number of sulfonamides is 1. The molecule has 0 atom stereocenters. The summed E-state index contributed by atoms with van der Waals surface area (Å²) in [5.74, 6) is 0. The average molecular weight is 327 g/mol. The lowest BCUT2D eigenvalue weighted by Gasteiger charge is -2.03. The molecular weight excluding hydrogens is 306 g/mol. The molecular formula is C14H21N3O2S2. The van der Waals surface area contributed by atoms with Crippen molar-refractivity contribution < 1.29 is 8.42 Å². The van der Waals surface area contributed by atoms with E-state index >= 15 is 0 Å². The zero-order valence-corrected chi connectivity index (χ0v) is 14.1. The molecule has 0 amide bonds. The van der Waals surface area contributed by atoms with Gasteiger partial charge < -0.3 is 9.88 Å². The summed E-state index contributed by atoms with van der Waals surface area (Å²) in [7, 11) is 0.213. The van der Waals surface area contributed by atoms with Gasteiger partial charge in [0, 0.05) is 41.8 Å². The van der Waals surface area contributed by atoms with Crippen LogP contribution < -0.4 is 10.0 Å². The van der Waals surface area contributed by atoms with E-state index in [4.69, 9.17) is 0 Å². The summed E-state index contributed by atoms with van der Waals surface area (Å²) in [5, 5.41) is 3.02. The van der Waals surface area contributed by atoms with Crippen molar-refractivity contribution in [2.45, 2.75) is 31.3 Å². The Balaban J connectivity index is 2.09. The second-order valence-electron chi connectivity index (χ2n) is 4.85. The molecule has 0 bridgehead atoms. The van der Waals surface area contributed by atoms with Gasteiger partial charge in [0.15, 0.2) is 0 Å². The summed E-state index contributed by atoms with van der Waals surface area (Å²) >= 11 is 1.64. The van der Waals surface area contributed by atoms with Crippen molar-refractivity contribution in [2.24, 2.45) is 7.05 Å². The fourth-order valence-corrected chi connectivity index (χ4v) is 4.13. The lowest BCUT2D eigenvalue weighted by molar-refractivity contribution is 0.581. The maximum atomic E-state index is 12.3. The average Bonchev–Trinajstić information content (AvgIpc) is 3.05. The molecule has 0 aliphatic heterocycles. The summed E-state index contributed by atoms with van der Waals surface area (Å²) in [6, 6.07) is 5.72. The Morgan fingerprint density at radius 2 is 1.95 bits per heavy atom. The van der Waals surface area contributed by atoms with Crippen molar-refractivity contribution in [3.8, 4) is 0 Å². The molecule has 0 aromatic carbocycles. The van der Waals surface area contributed by atoms with Gasteiger partial charge in [-0.05, 0) is 31.7 Å². The van der Waals surface area contributed by atoms with Crippen molar-refractivity contribution >= 4 is 21.4 Å². The van der Waals surface area contributed by atoms with Gasteiger partial charge in [-0.15, -0.1) is 11.3 Å². The van der Waals surface area contributed by atoms with E-state index in [1.165, 1.54) is 4.88 Å². The third kappa shape index (κ3) is 3.94. The van der Waals surface area contributed by atoms with E-state index in [9.17, 15) is 8.42 Å². The van der Waals surface area contributed by atoms with Gasteiger partial charge in [-0.25, -0.2) is 13.1 Å². The molecule has 2 N–H and O–H groups in total. The maximum Gasteiger partial charge on any atom is 0.242 e. The van der Waals surface area contributed by atoms with Crippen LogP contribution in [0.15, 0.2) is 29.3 Å². The zero-order chi connectivity index (χ0) is 15.5. The predicted octanol–water partition coefficient (Wildman–Crippen LogP) is 1.85. The minimum Gasteiger partial charge on any atom is -0.352 e. The molecule has 5 nitrogen and oxygen atoms in total. The fourth-order valence-electron chi connectivity index (χ4n) is 2.04. The summed E-state index contributed by atoms with van der Waals surface area (Å²) < 4.78 is 29.1. The minimum absolute atomic E-state index is 0.308. The number of nitrogens with one attached hydrogen (secondary N) is 2. The molecule has 2 aromatic rings. The molecule has 2 rings (SSSR count). The lowest BCUT2D eigenvalue weighted by Crippen LogP contribution is -2.22. The van der Waals surface area contributed by atoms with Crippen LogP contribution in [-0.2, 0) is 36.6 Å². The first-order chi connectivity index (χ1) is 9.96. The van der Waals surface area contributed by atoms with Gasteiger partial charge in [0.05, 0.1) is 4.90 Å². The van der Waals surface area contributed by atoms with Crippen molar-refractivity contribution in [1.29, 1.82) is 0 Å². The molecule has 0 fully saturated rings. The van der Waals surface area contributed by atoms with Crippen LogP contribution in [0, 0.1) is 0 Å². The highest BCUT2D eigenvalue weighted by Crippen LogP contribution is 2.18. The Bertz CT molecular complexity index is 702. The number of thiophene rings is 1. The van der Waals surface area contributed by atoms with Crippen molar-refractivity contribution in [2.75, 3.05) is 7.05 Å². The molecule has 2 heterocycles. The van der Waals surface area contributed by atoms with Crippen LogP contribution in [0.4, 0.5) is 0 Å². The number of nitrogens with zero attached hydrogens (tertiary/aromatic N) is 1. The van der Waals surface area contributed by atoms with Crippen LogP contribution in [0.1, 0.15) is 22.4 Å². The molecule has 0 saturated heterocycles. The smallest absolute Gasteiger partial charge is 0.242 e. The maximum absolute atomic E-state index is 12.3. The van der Waals surface area contributed by atoms with E-state index in [0.717, 1.165) is 17.0 Å². The molecule has 0 aliphatic rings. The van der Waals surface area contributed by atoms with Gasteiger partial charge in [-0.1, -0.05) is 6.92 Å². The van der Waals surface area contributed by atoms with E-state index in [1.807, 2.05) is 30.8 Å². The first kappa shape index (κ1) is 16.2. The Morgan fingerprint density at radius 3 is 2.57 bits per heavy atom. The van der Waals surface area contributed by atoms with Crippen molar-refractivity contribution in [1.82, 2.24) is 14.6 Å². The molecule has 0 unspecified atom stereocenters. The Hall–Kier alpha value is -1.15. The van der Waals surface area contributed by atoms with Crippen LogP contribution in [0.2, 0.25) is 0 Å². The second kappa shape index (κ2) is 6.74. The van der Waals surface area contributed by atoms with E-state index in [-0.39, 0.29) is 0 Å². The van der Waals surface area contributed by atoms with Crippen LogP contribution in [0.3, 0.4) is 0 Å². The van der Waals surface area contributed by atoms with E-state index < -0.39 is 10.0 Å². The normalized spacial score (nSPS) is 12.0. The van der Waals surface area contributed by atoms with Crippen LogP contribution in [0.25, 0.3) is 0 Å². The van der Waals surface area contributed by atoms with Gasteiger partial charge >= 0.3 is 0 Å². The molecule has 7 heteroatoms. The molecule has 0 aliphatic carbocycles. The predicted molar refractivity (Wildman–Crippen MR) is 85.9 cm³/mol. The summed E-state index contributed by atoms with van der Waals surface area (Å²) in [6.45, 7) is 3.06. The van der Waals surface area contributed by atoms with Gasteiger partial charge in [0.25, 0.3) is 0 Å². The van der Waals surface area contributed by atoms with E-state index in [1.54, 1.807) is 23.6 Å². The highest BCUT2D eigenvalue weighted by atomic mass is 32.2. The van der Waals surface area contributed by atoms with Crippen LogP contribution in [-0.4, -0.2) is 20.0 Å². The standard InChI is InChI=1S/C14H21N3O2S2/c1-4-12-5-6-13(20-12)9-16-21(18,19)14-7-11(8-15-2)17(3)10-14/h5-7,10,15-16H,4,8-9H2,1-3H3. The number of hydrogen-bond acceptors (Lipinski definition) is 4. The number of aryl methyl sites for hydroxylation is 2. The van der Waals surface area contributed by atoms with Gasteiger partial charge in [0.2, 0.25) is 10.0 Å². The molecule has 116 valence electrons. The number of rotatable bonds is 7. The zero-order valence-electron chi connectivity index (χ0n) is 12.5. The minimum atomic E-state index is -3.47. The van der Waals surface area contributed by atoms with Gasteiger partial charge in [-0.3, -0.25) is 0 Å². The molecule has 0 radical (unpaired) electrons. The largest absolute Gasteiger partial charge is 0.352 e. The van der Waals surface area contributed by atoms with Crippen molar-refractivity contribution in [3.05, 3.63) is 39.8 Å².